The number of rotatable bonds is 6. The number of nitrogens with zero attached hydrogens (tertiary/aromatic N) is 1. The molecule has 1 unspecified atom stereocenters. The Labute approximate surface area is 188 Å². The second-order valence-corrected chi connectivity index (χ2v) is 8.18. The zero-order valence-electron chi connectivity index (χ0n) is 18.1. The van der Waals surface area contributed by atoms with Crippen molar-refractivity contribution < 1.29 is 27.1 Å². The normalized spacial score (nSPS) is 16.2. The third-order valence-electron chi connectivity index (χ3n) is 6.02. The first kappa shape index (κ1) is 23.3. The fourth-order valence-electron chi connectivity index (χ4n) is 4.26. The number of fused-ring (bicyclic) bond motifs is 1. The number of carbonyl (C=O) groups excluding carboxylic acids is 1. The second-order valence-electron chi connectivity index (χ2n) is 8.18. The van der Waals surface area contributed by atoms with E-state index in [-0.39, 0.29) is 30.7 Å². The first-order chi connectivity index (χ1) is 15.7. The number of aromatic nitrogens is 1. The third kappa shape index (κ3) is 5.36. The number of H-pyrrole nitrogens is 1. The predicted molar refractivity (Wildman–Crippen MR) is 116 cm³/mol. The van der Waals surface area contributed by atoms with Crippen LogP contribution in [0.1, 0.15) is 28.4 Å². The molecule has 0 bridgehead atoms. The summed E-state index contributed by atoms with van der Waals surface area (Å²) in [6, 6.07) is 9.16. The number of benzene rings is 2. The number of alkyl halides is 3. The van der Waals surface area contributed by atoms with E-state index in [2.05, 4.69) is 15.2 Å². The Morgan fingerprint density at radius 1 is 1.15 bits per heavy atom. The lowest BCUT2D eigenvalue weighted by Gasteiger charge is -2.35. The number of morpholine rings is 1. The van der Waals surface area contributed by atoms with Crippen LogP contribution in [0.15, 0.2) is 42.5 Å². The van der Waals surface area contributed by atoms with E-state index in [9.17, 15) is 22.4 Å². The van der Waals surface area contributed by atoms with Crippen molar-refractivity contribution in [3.05, 3.63) is 70.7 Å². The maximum absolute atomic E-state index is 13.7. The Hall–Kier alpha value is -2.91. The molecule has 0 aliphatic carbocycles. The Balaban J connectivity index is 1.49. The summed E-state index contributed by atoms with van der Waals surface area (Å²) in [6.07, 6.45) is -4.34. The number of aryl methyl sites for hydroxylation is 1. The minimum Gasteiger partial charge on any atom is -0.379 e. The summed E-state index contributed by atoms with van der Waals surface area (Å²) in [4.78, 5) is 18.0. The lowest BCUT2D eigenvalue weighted by atomic mass is 10.0. The molecule has 1 aliphatic heterocycles. The molecule has 1 amide bonds. The maximum atomic E-state index is 13.7. The second kappa shape index (κ2) is 9.52. The van der Waals surface area contributed by atoms with Crippen molar-refractivity contribution in [3.8, 4) is 0 Å². The first-order valence-corrected chi connectivity index (χ1v) is 10.7. The number of aromatic amines is 1. The highest BCUT2D eigenvalue weighted by Gasteiger charge is 2.31. The van der Waals surface area contributed by atoms with Gasteiger partial charge in [-0.25, -0.2) is 4.39 Å². The van der Waals surface area contributed by atoms with Crippen molar-refractivity contribution in [1.29, 1.82) is 0 Å². The number of carbonyl (C=O) groups is 1. The van der Waals surface area contributed by atoms with Crippen LogP contribution in [0.25, 0.3) is 10.9 Å². The van der Waals surface area contributed by atoms with E-state index in [1.165, 1.54) is 24.3 Å². The van der Waals surface area contributed by atoms with Crippen LogP contribution in [-0.2, 0) is 22.1 Å². The molecule has 1 saturated heterocycles. The molecule has 5 nitrogen and oxygen atoms in total. The van der Waals surface area contributed by atoms with E-state index in [0.717, 1.165) is 28.9 Å². The summed E-state index contributed by atoms with van der Waals surface area (Å²) in [6.45, 7) is 4.33. The fraction of sp³-hybridized carbons (Fsp3) is 0.375. The number of nitrogens with one attached hydrogen (secondary N) is 2. The van der Waals surface area contributed by atoms with E-state index in [4.69, 9.17) is 4.74 Å². The predicted octanol–water partition coefficient (Wildman–Crippen LogP) is 4.37. The van der Waals surface area contributed by atoms with E-state index in [0.29, 0.717) is 37.3 Å². The van der Waals surface area contributed by atoms with Gasteiger partial charge in [-0.3, -0.25) is 9.69 Å². The number of ether oxygens (including phenoxy) is 1. The van der Waals surface area contributed by atoms with Crippen LogP contribution in [0.5, 0.6) is 0 Å². The van der Waals surface area contributed by atoms with Crippen LogP contribution in [0.3, 0.4) is 0 Å². The lowest BCUT2D eigenvalue weighted by Crippen LogP contribution is -2.44. The standard InChI is InChI=1S/C24H25F4N3O2/c1-15-19(20-12-18(25)6-7-21(20)30-15)13-23(32)29-14-22(31-8-10-33-11-9-31)16-2-4-17(5-3-16)24(26,27)28/h2-7,12,22,30H,8-11,13-14H2,1H3,(H,29,32). The smallest absolute Gasteiger partial charge is 0.379 e. The molecule has 2 aromatic carbocycles. The Morgan fingerprint density at radius 2 is 1.85 bits per heavy atom. The van der Waals surface area contributed by atoms with Crippen LogP contribution in [0.2, 0.25) is 0 Å². The zero-order valence-corrected chi connectivity index (χ0v) is 18.1. The van der Waals surface area contributed by atoms with Crippen molar-refractivity contribution >= 4 is 16.8 Å². The van der Waals surface area contributed by atoms with Crippen molar-refractivity contribution in [1.82, 2.24) is 15.2 Å². The third-order valence-corrected chi connectivity index (χ3v) is 6.02. The minimum absolute atomic E-state index is 0.0676. The average Bonchev–Trinajstić information content (AvgIpc) is 3.09. The molecule has 9 heteroatoms. The van der Waals surface area contributed by atoms with E-state index < -0.39 is 11.7 Å². The summed E-state index contributed by atoms with van der Waals surface area (Å²) >= 11 is 0. The number of hydrogen-bond donors (Lipinski definition) is 2. The molecule has 33 heavy (non-hydrogen) atoms. The molecular weight excluding hydrogens is 438 g/mol. The average molecular weight is 463 g/mol. The van der Waals surface area contributed by atoms with Crippen LogP contribution >= 0.6 is 0 Å². The van der Waals surface area contributed by atoms with Gasteiger partial charge in [0.1, 0.15) is 5.82 Å². The van der Waals surface area contributed by atoms with Gasteiger partial charge in [0.15, 0.2) is 0 Å². The van der Waals surface area contributed by atoms with Gasteiger partial charge >= 0.3 is 6.18 Å². The van der Waals surface area contributed by atoms with Gasteiger partial charge < -0.3 is 15.0 Å². The highest BCUT2D eigenvalue weighted by Crippen LogP contribution is 2.31. The SMILES string of the molecule is Cc1[nH]c2ccc(F)cc2c1CC(=O)NCC(c1ccc(C(F)(F)F)cc1)N1CCOCC1. The van der Waals surface area contributed by atoms with Gasteiger partial charge in [0, 0.05) is 36.2 Å². The van der Waals surface area contributed by atoms with E-state index in [1.807, 2.05) is 6.92 Å². The summed E-state index contributed by atoms with van der Waals surface area (Å²) in [5.41, 5.74) is 2.25. The van der Waals surface area contributed by atoms with E-state index in [1.54, 1.807) is 6.07 Å². The maximum Gasteiger partial charge on any atom is 0.416 e. The van der Waals surface area contributed by atoms with E-state index >= 15 is 0 Å². The molecule has 2 N–H and O–H groups in total. The van der Waals surface area contributed by atoms with Crippen molar-refractivity contribution in [2.24, 2.45) is 0 Å². The van der Waals surface area contributed by atoms with Crippen molar-refractivity contribution in [3.63, 3.8) is 0 Å². The van der Waals surface area contributed by atoms with Gasteiger partial charge in [-0.15, -0.1) is 0 Å². The molecular formula is C24H25F4N3O2. The molecule has 0 spiro atoms. The van der Waals surface area contributed by atoms with Gasteiger partial charge in [-0.05, 0) is 48.4 Å². The molecule has 2 heterocycles. The number of halogens is 4. The largest absolute Gasteiger partial charge is 0.416 e. The van der Waals surface area contributed by atoms with Gasteiger partial charge in [-0.1, -0.05) is 12.1 Å². The lowest BCUT2D eigenvalue weighted by molar-refractivity contribution is -0.137. The summed E-state index contributed by atoms with van der Waals surface area (Å²) < 4.78 is 58.0. The van der Waals surface area contributed by atoms with Gasteiger partial charge in [0.25, 0.3) is 0 Å². The topological polar surface area (TPSA) is 57.4 Å². The summed E-state index contributed by atoms with van der Waals surface area (Å²) in [5, 5.41) is 3.58. The molecule has 3 aromatic rings. The molecule has 1 fully saturated rings. The molecule has 0 radical (unpaired) electrons. The minimum atomic E-state index is -4.40. The van der Waals surface area contributed by atoms with Crippen LogP contribution < -0.4 is 5.32 Å². The van der Waals surface area contributed by atoms with Crippen LogP contribution in [0, 0.1) is 12.7 Å². The molecule has 1 aliphatic rings. The highest BCUT2D eigenvalue weighted by molar-refractivity contribution is 5.90. The van der Waals surface area contributed by atoms with Crippen molar-refractivity contribution in [2.45, 2.75) is 25.6 Å². The van der Waals surface area contributed by atoms with Crippen molar-refractivity contribution in [2.75, 3.05) is 32.8 Å². The van der Waals surface area contributed by atoms with Gasteiger partial charge in [0.05, 0.1) is 31.2 Å². The molecule has 0 saturated carbocycles. The Kier molecular flexibility index (Phi) is 6.71. The van der Waals surface area contributed by atoms with Gasteiger partial charge in [-0.2, -0.15) is 13.2 Å². The highest BCUT2D eigenvalue weighted by atomic mass is 19.4. The summed E-state index contributed by atoms with van der Waals surface area (Å²) in [5.74, 6) is -0.619. The number of amides is 1. The molecule has 1 atom stereocenters. The molecule has 1 aromatic heterocycles. The fourth-order valence-corrected chi connectivity index (χ4v) is 4.26. The first-order valence-electron chi connectivity index (χ1n) is 10.7. The Bertz CT molecular complexity index is 1120. The summed E-state index contributed by atoms with van der Waals surface area (Å²) in [7, 11) is 0. The quantitative estimate of drug-likeness (QED) is 0.534. The monoisotopic (exact) mass is 463 g/mol. The Morgan fingerprint density at radius 3 is 2.52 bits per heavy atom. The number of hydrogen-bond acceptors (Lipinski definition) is 3. The molecule has 4 rings (SSSR count). The van der Waals surface area contributed by atoms with Crippen LogP contribution in [-0.4, -0.2) is 48.6 Å². The van der Waals surface area contributed by atoms with Gasteiger partial charge in [0.2, 0.25) is 5.91 Å². The van der Waals surface area contributed by atoms with Crippen LogP contribution in [0.4, 0.5) is 17.6 Å². The molecule has 176 valence electrons. The zero-order chi connectivity index (χ0) is 23.6.